The molecule has 1 aliphatic rings. The maximum absolute atomic E-state index is 5.72. The van der Waals surface area contributed by atoms with E-state index in [9.17, 15) is 0 Å². The van der Waals surface area contributed by atoms with Gasteiger partial charge in [0.2, 0.25) is 0 Å². The van der Waals surface area contributed by atoms with Crippen molar-refractivity contribution >= 4 is 0 Å². The quantitative estimate of drug-likeness (QED) is 0.777. The zero-order valence-corrected chi connectivity index (χ0v) is 9.19. The van der Waals surface area contributed by atoms with Crippen LogP contribution in [0, 0.1) is 0 Å². The Balaban J connectivity index is 2.27. The number of nitrogens with two attached hydrogens (primary N) is 1. The van der Waals surface area contributed by atoms with Crippen molar-refractivity contribution in [3.63, 3.8) is 0 Å². The highest BCUT2D eigenvalue weighted by Crippen LogP contribution is 2.35. The molecule has 0 amide bonds. The first-order valence-corrected chi connectivity index (χ1v) is 5.41. The zero-order valence-electron chi connectivity index (χ0n) is 9.19. The van der Waals surface area contributed by atoms with Crippen molar-refractivity contribution in [2.24, 2.45) is 5.73 Å². The molecule has 0 aromatic carbocycles. The van der Waals surface area contributed by atoms with Crippen LogP contribution in [0.4, 0.5) is 0 Å². The fourth-order valence-electron chi connectivity index (χ4n) is 2.51. The largest absolute Gasteiger partial charge is 0.330 e. The van der Waals surface area contributed by atoms with Gasteiger partial charge >= 0.3 is 0 Å². The standard InChI is InChI=1S/C11H18N4/c1-15-5-3-11(8-15,2-4-12)10-6-13-9-14-7-10/h6-7,9H,2-5,8,12H2,1H3. The monoisotopic (exact) mass is 206 g/mol. The summed E-state index contributed by atoms with van der Waals surface area (Å²) in [5.41, 5.74) is 7.14. The molecular formula is C11H18N4. The van der Waals surface area contributed by atoms with E-state index in [1.807, 2.05) is 12.4 Å². The molecule has 4 heteroatoms. The minimum absolute atomic E-state index is 0.185. The van der Waals surface area contributed by atoms with Gasteiger partial charge in [0.15, 0.2) is 0 Å². The Hall–Kier alpha value is -1.00. The number of likely N-dealkylation sites (tertiary alicyclic amines) is 1. The Morgan fingerprint density at radius 1 is 1.47 bits per heavy atom. The number of hydrogen-bond acceptors (Lipinski definition) is 4. The van der Waals surface area contributed by atoms with Gasteiger partial charge in [-0.25, -0.2) is 9.97 Å². The second kappa shape index (κ2) is 4.24. The highest BCUT2D eigenvalue weighted by atomic mass is 15.1. The summed E-state index contributed by atoms with van der Waals surface area (Å²) < 4.78 is 0. The number of aromatic nitrogens is 2. The summed E-state index contributed by atoms with van der Waals surface area (Å²) in [6.45, 7) is 2.93. The fraction of sp³-hybridized carbons (Fsp3) is 0.636. The molecule has 0 saturated carbocycles. The predicted octanol–water partition coefficient (Wildman–Crippen LogP) is 0.399. The summed E-state index contributed by atoms with van der Waals surface area (Å²) in [5, 5.41) is 0. The van der Waals surface area contributed by atoms with Gasteiger partial charge in [-0.2, -0.15) is 0 Å². The Morgan fingerprint density at radius 3 is 2.73 bits per heavy atom. The second-order valence-electron chi connectivity index (χ2n) is 4.43. The molecule has 0 aliphatic carbocycles. The highest BCUT2D eigenvalue weighted by molar-refractivity contribution is 5.22. The van der Waals surface area contributed by atoms with Crippen molar-refractivity contribution in [3.05, 3.63) is 24.3 Å². The third kappa shape index (κ3) is 2.01. The van der Waals surface area contributed by atoms with Crippen LogP contribution in [0.1, 0.15) is 18.4 Å². The van der Waals surface area contributed by atoms with Gasteiger partial charge in [0.05, 0.1) is 0 Å². The maximum Gasteiger partial charge on any atom is 0.115 e. The summed E-state index contributed by atoms with van der Waals surface area (Å²) in [6, 6.07) is 0. The van der Waals surface area contributed by atoms with Gasteiger partial charge in [-0.3, -0.25) is 0 Å². The molecule has 0 spiro atoms. The fourth-order valence-corrected chi connectivity index (χ4v) is 2.51. The van der Waals surface area contributed by atoms with Gasteiger partial charge in [-0.1, -0.05) is 0 Å². The van der Waals surface area contributed by atoms with Crippen molar-refractivity contribution < 1.29 is 0 Å². The molecule has 4 nitrogen and oxygen atoms in total. The SMILES string of the molecule is CN1CCC(CCN)(c2cncnc2)C1. The average Bonchev–Trinajstić information content (AvgIpc) is 2.63. The van der Waals surface area contributed by atoms with E-state index in [0.29, 0.717) is 0 Å². The molecule has 1 aromatic rings. The van der Waals surface area contributed by atoms with Crippen LogP contribution in [-0.2, 0) is 5.41 Å². The van der Waals surface area contributed by atoms with Crippen LogP contribution < -0.4 is 5.73 Å². The Morgan fingerprint density at radius 2 is 2.20 bits per heavy atom. The van der Waals surface area contributed by atoms with E-state index in [1.54, 1.807) is 6.33 Å². The minimum atomic E-state index is 0.185. The van der Waals surface area contributed by atoms with E-state index in [1.165, 1.54) is 5.56 Å². The molecule has 0 radical (unpaired) electrons. The van der Waals surface area contributed by atoms with Crippen molar-refractivity contribution in [2.45, 2.75) is 18.3 Å². The Kier molecular flexibility index (Phi) is 2.98. The average molecular weight is 206 g/mol. The third-order valence-corrected chi connectivity index (χ3v) is 3.34. The lowest BCUT2D eigenvalue weighted by atomic mass is 9.78. The van der Waals surface area contributed by atoms with Gasteiger partial charge in [0.1, 0.15) is 6.33 Å². The van der Waals surface area contributed by atoms with Gasteiger partial charge < -0.3 is 10.6 Å². The molecule has 1 aromatic heterocycles. The van der Waals surface area contributed by atoms with Crippen LogP contribution in [0.25, 0.3) is 0 Å². The molecule has 2 rings (SSSR count). The van der Waals surface area contributed by atoms with Gasteiger partial charge in [-0.05, 0) is 38.5 Å². The van der Waals surface area contributed by atoms with Crippen LogP contribution in [0.5, 0.6) is 0 Å². The smallest absolute Gasteiger partial charge is 0.115 e. The topological polar surface area (TPSA) is 55.0 Å². The lowest BCUT2D eigenvalue weighted by Gasteiger charge is -2.28. The van der Waals surface area contributed by atoms with Crippen LogP contribution in [0.2, 0.25) is 0 Å². The number of nitrogens with zero attached hydrogens (tertiary/aromatic N) is 3. The van der Waals surface area contributed by atoms with E-state index >= 15 is 0 Å². The zero-order chi connectivity index (χ0) is 10.7. The molecule has 1 aliphatic heterocycles. The van der Waals surface area contributed by atoms with E-state index in [4.69, 9.17) is 5.73 Å². The van der Waals surface area contributed by atoms with E-state index in [2.05, 4.69) is 21.9 Å². The summed E-state index contributed by atoms with van der Waals surface area (Å²) in [5.74, 6) is 0. The predicted molar refractivity (Wildman–Crippen MR) is 59.5 cm³/mol. The molecule has 1 unspecified atom stereocenters. The van der Waals surface area contributed by atoms with E-state index in [0.717, 1.165) is 32.5 Å². The van der Waals surface area contributed by atoms with Crippen molar-refractivity contribution in [1.29, 1.82) is 0 Å². The van der Waals surface area contributed by atoms with Crippen LogP contribution in [0.15, 0.2) is 18.7 Å². The lowest BCUT2D eigenvalue weighted by Crippen LogP contribution is -2.32. The first-order chi connectivity index (χ1) is 7.27. The molecule has 0 bridgehead atoms. The summed E-state index contributed by atoms with van der Waals surface area (Å²) in [4.78, 5) is 10.6. The third-order valence-electron chi connectivity index (χ3n) is 3.34. The first-order valence-electron chi connectivity index (χ1n) is 5.41. The molecule has 82 valence electrons. The van der Waals surface area contributed by atoms with E-state index in [-0.39, 0.29) is 5.41 Å². The van der Waals surface area contributed by atoms with Gasteiger partial charge in [0, 0.05) is 24.4 Å². The molecule has 1 atom stereocenters. The van der Waals surface area contributed by atoms with Gasteiger partial charge in [0.25, 0.3) is 0 Å². The summed E-state index contributed by atoms with van der Waals surface area (Å²) in [6.07, 6.45) is 7.63. The van der Waals surface area contributed by atoms with Crippen molar-refractivity contribution in [1.82, 2.24) is 14.9 Å². The van der Waals surface area contributed by atoms with Crippen LogP contribution in [0.3, 0.4) is 0 Å². The van der Waals surface area contributed by atoms with Crippen LogP contribution in [-0.4, -0.2) is 41.5 Å². The van der Waals surface area contributed by atoms with Crippen molar-refractivity contribution in [2.75, 3.05) is 26.7 Å². The summed E-state index contributed by atoms with van der Waals surface area (Å²) in [7, 11) is 2.15. The van der Waals surface area contributed by atoms with Crippen LogP contribution >= 0.6 is 0 Å². The molecular weight excluding hydrogens is 188 g/mol. The molecule has 2 heterocycles. The highest BCUT2D eigenvalue weighted by Gasteiger charge is 2.37. The molecule has 15 heavy (non-hydrogen) atoms. The van der Waals surface area contributed by atoms with E-state index < -0.39 is 0 Å². The Bertz CT molecular complexity index is 310. The van der Waals surface area contributed by atoms with Crippen molar-refractivity contribution in [3.8, 4) is 0 Å². The number of rotatable bonds is 3. The normalized spacial score (nSPS) is 27.1. The number of hydrogen-bond donors (Lipinski definition) is 1. The first kappa shape index (κ1) is 10.5. The number of likely N-dealkylation sites (N-methyl/N-ethyl adjacent to an activating group) is 1. The second-order valence-corrected chi connectivity index (χ2v) is 4.43. The summed E-state index contributed by atoms with van der Waals surface area (Å²) >= 11 is 0. The molecule has 1 fully saturated rings. The maximum atomic E-state index is 5.72. The Labute approximate surface area is 90.5 Å². The minimum Gasteiger partial charge on any atom is -0.330 e. The lowest BCUT2D eigenvalue weighted by molar-refractivity contribution is 0.354. The molecule has 2 N–H and O–H groups in total. The van der Waals surface area contributed by atoms with Gasteiger partial charge in [-0.15, -0.1) is 0 Å². The molecule has 1 saturated heterocycles.